The van der Waals surface area contributed by atoms with E-state index >= 15 is 0 Å². The Morgan fingerprint density at radius 1 is 0.367 bits per heavy atom. The highest BCUT2D eigenvalue weighted by Gasteiger charge is 2.22. The Labute approximate surface area is 283 Å². The van der Waals surface area contributed by atoms with E-state index in [1.165, 1.54) is 0 Å². The minimum Gasteiger partial charge on any atom is -0.456 e. The Balaban J connectivity index is 1.35. The molecule has 4 heteroatoms. The predicted octanol–water partition coefficient (Wildman–Crippen LogP) is 11.3. The van der Waals surface area contributed by atoms with Gasteiger partial charge in [-0.25, -0.2) is 15.0 Å². The first kappa shape index (κ1) is 28.6. The van der Waals surface area contributed by atoms with Gasteiger partial charge in [0, 0.05) is 33.0 Å². The minimum absolute atomic E-state index is 0.574. The van der Waals surface area contributed by atoms with Gasteiger partial charge in [-0.1, -0.05) is 152 Å². The summed E-state index contributed by atoms with van der Waals surface area (Å²) in [6.07, 6.45) is 0. The fourth-order valence-electron chi connectivity index (χ4n) is 6.59. The average Bonchev–Trinajstić information content (AvgIpc) is 3.55. The summed E-state index contributed by atoms with van der Waals surface area (Å²) in [5.74, 6) is 1.76. The van der Waals surface area contributed by atoms with E-state index in [0.29, 0.717) is 17.5 Å². The zero-order valence-electron chi connectivity index (χ0n) is 26.5. The lowest BCUT2D eigenvalue weighted by Crippen LogP contribution is -2.06. The molecule has 0 fully saturated rings. The zero-order valence-corrected chi connectivity index (χ0v) is 26.5. The highest BCUT2D eigenvalue weighted by molar-refractivity contribution is 6.06. The third kappa shape index (κ3) is 5.35. The molecule has 0 aliphatic heterocycles. The number of para-hydroxylation sites is 1. The molecule has 0 saturated heterocycles. The van der Waals surface area contributed by atoms with Crippen LogP contribution in [0.2, 0.25) is 0 Å². The van der Waals surface area contributed by atoms with E-state index in [9.17, 15) is 0 Å². The van der Waals surface area contributed by atoms with E-state index in [2.05, 4.69) is 133 Å². The molecule has 4 nitrogen and oxygen atoms in total. The molecule has 0 radical (unpaired) electrons. The molecule has 49 heavy (non-hydrogen) atoms. The monoisotopic (exact) mass is 627 g/mol. The van der Waals surface area contributed by atoms with Crippen molar-refractivity contribution in [1.29, 1.82) is 0 Å². The third-order valence-corrected chi connectivity index (χ3v) is 8.94. The number of furan rings is 1. The van der Waals surface area contributed by atoms with Crippen molar-refractivity contribution in [2.75, 3.05) is 0 Å². The molecule has 0 bridgehead atoms. The van der Waals surface area contributed by atoms with Crippen molar-refractivity contribution in [3.63, 3.8) is 0 Å². The van der Waals surface area contributed by atoms with Crippen molar-refractivity contribution in [3.8, 4) is 22.8 Å². The summed E-state index contributed by atoms with van der Waals surface area (Å²) in [6, 6.07) is 60.4. The lowest BCUT2D eigenvalue weighted by atomic mass is 9.89. The maximum atomic E-state index is 6.30. The van der Waals surface area contributed by atoms with E-state index in [0.717, 1.165) is 71.7 Å². The Morgan fingerprint density at radius 2 is 0.878 bits per heavy atom. The SMILES string of the molecule is c1ccc(C(=C(c2ccccc2)c2nc(-c3ccc4ccccc4c3)nc(-c3ccc4c(c3)oc3ccccc34)n2)c2ccccc2)cc1. The lowest BCUT2D eigenvalue weighted by Gasteiger charge is -2.18. The Morgan fingerprint density at radius 3 is 1.55 bits per heavy atom. The van der Waals surface area contributed by atoms with Gasteiger partial charge in [0.2, 0.25) is 0 Å². The van der Waals surface area contributed by atoms with Crippen LogP contribution < -0.4 is 0 Å². The van der Waals surface area contributed by atoms with Crippen molar-refractivity contribution in [2.24, 2.45) is 0 Å². The van der Waals surface area contributed by atoms with Gasteiger partial charge in [-0.15, -0.1) is 0 Å². The summed E-state index contributed by atoms with van der Waals surface area (Å²) >= 11 is 0. The Kier molecular flexibility index (Phi) is 7.10. The van der Waals surface area contributed by atoms with Gasteiger partial charge in [0.05, 0.1) is 0 Å². The molecule has 0 N–H and O–H groups in total. The lowest BCUT2D eigenvalue weighted by molar-refractivity contribution is 0.669. The van der Waals surface area contributed by atoms with Crippen molar-refractivity contribution >= 4 is 43.9 Å². The van der Waals surface area contributed by atoms with Gasteiger partial charge in [-0.05, 0) is 51.7 Å². The molecular weight excluding hydrogens is 599 g/mol. The van der Waals surface area contributed by atoms with E-state index in [4.69, 9.17) is 19.4 Å². The standard InChI is InChI=1S/C45H29N3O/c1-4-15-31(16-5-1)41(32-17-6-2-7-18-32)42(33-19-8-3-9-20-33)45-47-43(35-25-24-30-14-10-11-21-34(30)28-35)46-44(48-45)36-26-27-38-37-22-12-13-23-39(37)49-40(38)29-36/h1-29H. The second kappa shape index (κ2) is 12.2. The van der Waals surface area contributed by atoms with Crippen LogP contribution in [0.4, 0.5) is 0 Å². The van der Waals surface area contributed by atoms with Crippen LogP contribution >= 0.6 is 0 Å². The zero-order chi connectivity index (χ0) is 32.6. The first-order chi connectivity index (χ1) is 24.3. The Hall–Kier alpha value is -6.65. The predicted molar refractivity (Wildman–Crippen MR) is 200 cm³/mol. The molecular formula is C45H29N3O. The van der Waals surface area contributed by atoms with Crippen LogP contribution in [0, 0.1) is 0 Å². The molecule has 2 heterocycles. The largest absolute Gasteiger partial charge is 0.456 e. The summed E-state index contributed by atoms with van der Waals surface area (Å²) in [6.45, 7) is 0. The van der Waals surface area contributed by atoms with Gasteiger partial charge in [0.15, 0.2) is 17.5 Å². The smallest absolute Gasteiger partial charge is 0.165 e. The van der Waals surface area contributed by atoms with Crippen LogP contribution in [0.15, 0.2) is 180 Å². The second-order valence-electron chi connectivity index (χ2n) is 12.0. The maximum Gasteiger partial charge on any atom is 0.165 e. The van der Waals surface area contributed by atoms with E-state index in [1.807, 2.05) is 42.5 Å². The molecule has 0 aliphatic carbocycles. The molecule has 0 amide bonds. The van der Waals surface area contributed by atoms with Crippen molar-refractivity contribution < 1.29 is 4.42 Å². The summed E-state index contributed by atoms with van der Waals surface area (Å²) in [4.78, 5) is 15.7. The molecule has 0 spiro atoms. The summed E-state index contributed by atoms with van der Waals surface area (Å²) < 4.78 is 6.30. The number of nitrogens with zero attached hydrogens (tertiary/aromatic N) is 3. The molecule has 0 unspecified atom stereocenters. The number of benzene rings is 7. The fraction of sp³-hybridized carbons (Fsp3) is 0. The van der Waals surface area contributed by atoms with E-state index < -0.39 is 0 Å². The molecule has 0 aliphatic rings. The van der Waals surface area contributed by atoms with Crippen molar-refractivity contribution in [1.82, 2.24) is 15.0 Å². The van der Waals surface area contributed by atoms with Gasteiger partial charge in [-0.2, -0.15) is 0 Å². The van der Waals surface area contributed by atoms with E-state index in [1.54, 1.807) is 0 Å². The van der Waals surface area contributed by atoms with Crippen LogP contribution in [0.3, 0.4) is 0 Å². The first-order valence-electron chi connectivity index (χ1n) is 16.4. The van der Waals surface area contributed by atoms with Crippen LogP contribution in [-0.4, -0.2) is 15.0 Å². The van der Waals surface area contributed by atoms with Gasteiger partial charge >= 0.3 is 0 Å². The van der Waals surface area contributed by atoms with Crippen LogP contribution in [0.5, 0.6) is 0 Å². The minimum atomic E-state index is 0.574. The molecule has 0 saturated carbocycles. The van der Waals surface area contributed by atoms with Crippen molar-refractivity contribution in [2.45, 2.75) is 0 Å². The number of hydrogen-bond donors (Lipinski definition) is 0. The third-order valence-electron chi connectivity index (χ3n) is 8.94. The molecule has 2 aromatic heterocycles. The number of fused-ring (bicyclic) bond motifs is 4. The second-order valence-corrected chi connectivity index (χ2v) is 12.0. The highest BCUT2D eigenvalue weighted by Crippen LogP contribution is 2.38. The fourth-order valence-corrected chi connectivity index (χ4v) is 6.59. The quantitative estimate of drug-likeness (QED) is 0.172. The molecule has 7 aromatic carbocycles. The molecule has 230 valence electrons. The molecule has 9 rings (SSSR count). The number of rotatable bonds is 6. The average molecular weight is 628 g/mol. The van der Waals surface area contributed by atoms with Crippen LogP contribution in [0.1, 0.15) is 22.5 Å². The first-order valence-corrected chi connectivity index (χ1v) is 16.4. The van der Waals surface area contributed by atoms with Crippen molar-refractivity contribution in [3.05, 3.63) is 198 Å². The van der Waals surface area contributed by atoms with Gasteiger partial charge < -0.3 is 4.42 Å². The maximum absolute atomic E-state index is 6.30. The van der Waals surface area contributed by atoms with Gasteiger partial charge in [-0.3, -0.25) is 0 Å². The van der Waals surface area contributed by atoms with E-state index in [-0.39, 0.29) is 0 Å². The topological polar surface area (TPSA) is 51.8 Å². The number of hydrogen-bond acceptors (Lipinski definition) is 4. The Bertz CT molecular complexity index is 2600. The summed E-state index contributed by atoms with van der Waals surface area (Å²) in [5.41, 5.74) is 8.55. The van der Waals surface area contributed by atoms with Crippen LogP contribution in [-0.2, 0) is 0 Å². The van der Waals surface area contributed by atoms with Gasteiger partial charge in [0.25, 0.3) is 0 Å². The summed E-state index contributed by atoms with van der Waals surface area (Å²) in [5, 5.41) is 4.43. The number of aromatic nitrogens is 3. The highest BCUT2D eigenvalue weighted by atomic mass is 16.3. The van der Waals surface area contributed by atoms with Crippen LogP contribution in [0.25, 0.3) is 66.6 Å². The molecule has 0 atom stereocenters. The van der Waals surface area contributed by atoms with Gasteiger partial charge in [0.1, 0.15) is 11.2 Å². The summed E-state index contributed by atoms with van der Waals surface area (Å²) in [7, 11) is 0. The molecule has 9 aromatic rings. The normalized spacial score (nSPS) is 11.3.